The lowest BCUT2D eigenvalue weighted by atomic mass is 10.0. The summed E-state index contributed by atoms with van der Waals surface area (Å²) in [5.41, 5.74) is 0. The zero-order valence-electron chi connectivity index (χ0n) is 20.1. The molecule has 0 saturated heterocycles. The summed E-state index contributed by atoms with van der Waals surface area (Å²) in [6.45, 7) is 10.4. The Kier molecular flexibility index (Phi) is 9.86. The molecule has 2 unspecified atom stereocenters. The number of carbonyl (C=O) groups is 1. The van der Waals surface area contributed by atoms with Gasteiger partial charge in [0.1, 0.15) is 11.5 Å². The molecule has 0 aliphatic heterocycles. The number of hydrogen-bond acceptors (Lipinski definition) is 5. The van der Waals surface area contributed by atoms with Gasteiger partial charge in [0, 0.05) is 10.8 Å². The Morgan fingerprint density at radius 2 is 1.47 bits per heavy atom. The van der Waals surface area contributed by atoms with Gasteiger partial charge < -0.3 is 9.47 Å². The van der Waals surface area contributed by atoms with Crippen molar-refractivity contribution < 1.29 is 14.3 Å². The molecule has 2 aromatic heterocycles. The molecule has 2 heterocycles. The summed E-state index contributed by atoms with van der Waals surface area (Å²) >= 11 is 3.22. The van der Waals surface area contributed by atoms with Crippen LogP contribution in [0.1, 0.15) is 88.7 Å². The number of benzene rings is 1. The Bertz CT molecular complexity index is 916. The topological polar surface area (TPSA) is 35.5 Å². The fourth-order valence-electron chi connectivity index (χ4n) is 4.20. The molecule has 0 spiro atoms. The Labute approximate surface area is 201 Å². The van der Waals surface area contributed by atoms with Gasteiger partial charge in [0.15, 0.2) is 6.29 Å². The summed E-state index contributed by atoms with van der Waals surface area (Å²) in [4.78, 5) is 12.3. The maximum absolute atomic E-state index is 11.6. The smallest absolute Gasteiger partial charge is 0.160 e. The van der Waals surface area contributed by atoms with E-state index in [-0.39, 0.29) is 0 Å². The molecular formula is C27H38O3S2. The lowest BCUT2D eigenvalue weighted by Gasteiger charge is -2.19. The Morgan fingerprint density at radius 1 is 0.875 bits per heavy atom. The molecule has 0 bridgehead atoms. The van der Waals surface area contributed by atoms with Crippen molar-refractivity contribution in [3.8, 4) is 11.5 Å². The summed E-state index contributed by atoms with van der Waals surface area (Å²) in [5.74, 6) is 2.97. The Balaban J connectivity index is 1.95. The zero-order chi connectivity index (χ0) is 22.9. The highest BCUT2D eigenvalue weighted by Crippen LogP contribution is 2.48. The standard InChI is InChI=1S/C27H38O3S2/c1-5-9-11-19(7-3)17-29-24-22-13-14-31-26(22)25(23-15-21(16-28)32-27(23)24)30-18-20(8-4)12-10-6-2/h13-16,19-20H,5-12,17-18H2,1-4H3. The van der Waals surface area contributed by atoms with Crippen molar-refractivity contribution >= 4 is 49.1 Å². The fourth-order valence-corrected chi connectivity index (χ4v) is 6.09. The molecule has 0 aliphatic rings. The summed E-state index contributed by atoms with van der Waals surface area (Å²) in [5, 5.41) is 4.26. The third-order valence-corrected chi connectivity index (χ3v) is 8.42. The van der Waals surface area contributed by atoms with E-state index in [1.165, 1.54) is 49.9 Å². The van der Waals surface area contributed by atoms with E-state index >= 15 is 0 Å². The first-order valence-electron chi connectivity index (χ1n) is 12.3. The average molecular weight is 475 g/mol. The van der Waals surface area contributed by atoms with E-state index < -0.39 is 0 Å². The number of ether oxygens (including phenoxy) is 2. The van der Waals surface area contributed by atoms with E-state index in [0.29, 0.717) is 11.8 Å². The number of hydrogen-bond donors (Lipinski definition) is 0. The molecule has 176 valence electrons. The second kappa shape index (κ2) is 12.6. The second-order valence-corrected chi connectivity index (χ2v) is 10.8. The van der Waals surface area contributed by atoms with Crippen molar-refractivity contribution in [3.63, 3.8) is 0 Å². The number of unbranched alkanes of at least 4 members (excludes halogenated alkanes) is 2. The van der Waals surface area contributed by atoms with E-state index in [1.54, 1.807) is 11.3 Å². The van der Waals surface area contributed by atoms with Gasteiger partial charge in [-0.15, -0.1) is 22.7 Å². The highest BCUT2D eigenvalue weighted by Gasteiger charge is 2.22. The van der Waals surface area contributed by atoms with Crippen LogP contribution in [0.25, 0.3) is 20.2 Å². The van der Waals surface area contributed by atoms with Crippen LogP contribution in [-0.4, -0.2) is 19.5 Å². The molecular weight excluding hydrogens is 436 g/mol. The van der Waals surface area contributed by atoms with E-state index in [2.05, 4.69) is 39.1 Å². The molecule has 1 aromatic carbocycles. The predicted octanol–water partition coefficient (Wildman–Crippen LogP) is 9.12. The largest absolute Gasteiger partial charge is 0.491 e. The maximum atomic E-state index is 11.6. The van der Waals surface area contributed by atoms with Crippen LogP contribution in [0, 0.1) is 11.8 Å². The number of carbonyl (C=O) groups excluding carboxylic acids is 1. The van der Waals surface area contributed by atoms with Crippen molar-refractivity contribution in [2.75, 3.05) is 13.2 Å². The van der Waals surface area contributed by atoms with Crippen LogP contribution >= 0.6 is 22.7 Å². The molecule has 5 heteroatoms. The molecule has 3 nitrogen and oxygen atoms in total. The molecule has 0 amide bonds. The van der Waals surface area contributed by atoms with Crippen molar-refractivity contribution in [1.29, 1.82) is 0 Å². The number of aldehydes is 1. The summed E-state index contributed by atoms with van der Waals surface area (Å²) in [6, 6.07) is 4.12. The van der Waals surface area contributed by atoms with Crippen molar-refractivity contribution in [2.24, 2.45) is 11.8 Å². The molecule has 0 radical (unpaired) electrons. The summed E-state index contributed by atoms with van der Waals surface area (Å²) in [7, 11) is 0. The van der Waals surface area contributed by atoms with E-state index in [9.17, 15) is 4.79 Å². The Hall–Kier alpha value is -1.59. The summed E-state index contributed by atoms with van der Waals surface area (Å²) < 4.78 is 15.2. The third-order valence-electron chi connectivity index (χ3n) is 6.45. The highest BCUT2D eigenvalue weighted by molar-refractivity contribution is 7.22. The van der Waals surface area contributed by atoms with Gasteiger partial charge in [-0.05, 0) is 42.2 Å². The molecule has 0 aliphatic carbocycles. The minimum atomic E-state index is 0.559. The van der Waals surface area contributed by atoms with Crippen LogP contribution in [0.15, 0.2) is 17.5 Å². The molecule has 0 N–H and O–H groups in total. The van der Waals surface area contributed by atoms with Crippen molar-refractivity contribution in [2.45, 2.75) is 79.1 Å². The summed E-state index contributed by atoms with van der Waals surface area (Å²) in [6.07, 6.45) is 10.5. The van der Waals surface area contributed by atoms with Gasteiger partial charge in [-0.25, -0.2) is 0 Å². The van der Waals surface area contributed by atoms with Crippen LogP contribution in [0.2, 0.25) is 0 Å². The fraction of sp³-hybridized carbons (Fsp3) is 0.593. The van der Waals surface area contributed by atoms with Crippen LogP contribution < -0.4 is 9.47 Å². The molecule has 3 aromatic rings. The molecule has 3 rings (SSSR count). The van der Waals surface area contributed by atoms with Crippen LogP contribution in [-0.2, 0) is 0 Å². The van der Waals surface area contributed by atoms with E-state index in [1.807, 2.05) is 6.07 Å². The Morgan fingerprint density at radius 3 is 2.00 bits per heavy atom. The number of rotatable bonds is 15. The molecule has 2 atom stereocenters. The van der Waals surface area contributed by atoms with Gasteiger partial charge in [-0.2, -0.15) is 0 Å². The highest BCUT2D eigenvalue weighted by atomic mass is 32.1. The predicted molar refractivity (Wildman–Crippen MR) is 140 cm³/mol. The number of fused-ring (bicyclic) bond motifs is 2. The van der Waals surface area contributed by atoms with Crippen molar-refractivity contribution in [3.05, 3.63) is 22.4 Å². The lowest BCUT2D eigenvalue weighted by Crippen LogP contribution is -2.12. The van der Waals surface area contributed by atoms with Crippen LogP contribution in [0.5, 0.6) is 11.5 Å². The molecule has 32 heavy (non-hydrogen) atoms. The maximum Gasteiger partial charge on any atom is 0.160 e. The zero-order valence-corrected chi connectivity index (χ0v) is 21.7. The van der Waals surface area contributed by atoms with Gasteiger partial charge in [0.05, 0.1) is 27.5 Å². The van der Waals surface area contributed by atoms with Gasteiger partial charge in [0.25, 0.3) is 0 Å². The quantitative estimate of drug-likeness (QED) is 0.206. The second-order valence-electron chi connectivity index (χ2n) is 8.79. The van der Waals surface area contributed by atoms with Gasteiger partial charge in [-0.3, -0.25) is 4.79 Å². The van der Waals surface area contributed by atoms with Gasteiger partial charge in [-0.1, -0.05) is 66.2 Å². The monoisotopic (exact) mass is 474 g/mol. The van der Waals surface area contributed by atoms with E-state index in [0.717, 1.165) is 68.9 Å². The molecule has 0 fully saturated rings. The first-order valence-corrected chi connectivity index (χ1v) is 14.0. The van der Waals surface area contributed by atoms with Gasteiger partial charge in [0.2, 0.25) is 0 Å². The van der Waals surface area contributed by atoms with E-state index in [4.69, 9.17) is 9.47 Å². The molecule has 0 saturated carbocycles. The van der Waals surface area contributed by atoms with Crippen LogP contribution in [0.3, 0.4) is 0 Å². The first-order chi connectivity index (χ1) is 15.7. The minimum Gasteiger partial charge on any atom is -0.491 e. The SMILES string of the molecule is CCCCC(CC)COc1c2cc(C=O)sc2c(OCC(CC)CCCC)c2ccsc12. The minimum absolute atomic E-state index is 0.559. The normalized spacial score (nSPS) is 13.5. The third kappa shape index (κ3) is 5.85. The number of thiophene rings is 2. The van der Waals surface area contributed by atoms with Crippen LogP contribution in [0.4, 0.5) is 0 Å². The van der Waals surface area contributed by atoms with Gasteiger partial charge >= 0.3 is 0 Å². The lowest BCUT2D eigenvalue weighted by molar-refractivity contribution is 0.112. The van der Waals surface area contributed by atoms with Crippen molar-refractivity contribution in [1.82, 2.24) is 0 Å². The average Bonchev–Trinajstić information content (AvgIpc) is 3.47. The first kappa shape index (κ1) is 25.0.